The van der Waals surface area contributed by atoms with Crippen LogP contribution >= 0.6 is 0 Å². The molecule has 3 atom stereocenters. The standard InChI is InChI=1S/C30H33N3O6S/c1-18(2)27(30(35)36)32-40(37,38)23-13-9-20(10-14-23)19-7-11-22(12-8-19)31-29(34)28-24-17-33(3)16-15-21-5-4-6-25(39-28)26(21)24/h4-14,18,25-27,32H,15-17H2,1-3H3,(H,31,34)(H,35,36)/t25?,26?,27-/m0/s1. The van der Waals surface area contributed by atoms with Gasteiger partial charge in [0.1, 0.15) is 12.1 Å². The molecule has 1 fully saturated rings. The summed E-state index contributed by atoms with van der Waals surface area (Å²) in [6.07, 6.45) is 6.97. The quantitative estimate of drug-likeness (QED) is 0.446. The van der Waals surface area contributed by atoms with Gasteiger partial charge in [-0.2, -0.15) is 4.72 Å². The van der Waals surface area contributed by atoms with Gasteiger partial charge in [-0.05, 0) is 60.9 Å². The number of likely N-dealkylation sites (tertiary alicyclic amines) is 1. The van der Waals surface area contributed by atoms with Crippen LogP contribution in [-0.4, -0.2) is 62.6 Å². The Morgan fingerprint density at radius 3 is 2.33 bits per heavy atom. The van der Waals surface area contributed by atoms with Crippen molar-refractivity contribution in [3.63, 3.8) is 0 Å². The van der Waals surface area contributed by atoms with Gasteiger partial charge < -0.3 is 20.1 Å². The summed E-state index contributed by atoms with van der Waals surface area (Å²) in [6, 6.07) is 12.2. The van der Waals surface area contributed by atoms with Crippen LogP contribution < -0.4 is 10.0 Å². The summed E-state index contributed by atoms with van der Waals surface area (Å²) < 4.78 is 33.8. The number of likely N-dealkylation sites (N-methyl/N-ethyl adjacent to an activating group) is 1. The van der Waals surface area contributed by atoms with Gasteiger partial charge in [0.2, 0.25) is 10.0 Å². The number of hydrogen-bond donors (Lipinski definition) is 3. The lowest BCUT2D eigenvalue weighted by atomic mass is 9.83. The number of carbonyl (C=O) groups excluding carboxylic acids is 1. The Bertz CT molecular complexity index is 1510. The fraction of sp³-hybridized carbons (Fsp3) is 0.333. The number of anilines is 1. The lowest BCUT2D eigenvalue weighted by molar-refractivity contribution is -0.140. The van der Waals surface area contributed by atoms with Gasteiger partial charge >= 0.3 is 5.97 Å². The Kier molecular flexibility index (Phi) is 7.67. The Morgan fingerprint density at radius 1 is 1.05 bits per heavy atom. The predicted molar refractivity (Wildman–Crippen MR) is 152 cm³/mol. The van der Waals surface area contributed by atoms with Crippen LogP contribution in [0.1, 0.15) is 20.3 Å². The van der Waals surface area contributed by atoms with Crippen molar-refractivity contribution in [1.29, 1.82) is 0 Å². The van der Waals surface area contributed by atoms with Crippen LogP contribution in [0.5, 0.6) is 0 Å². The van der Waals surface area contributed by atoms with E-state index in [1.807, 2.05) is 24.3 Å². The molecule has 3 aliphatic rings. The largest absolute Gasteiger partial charge is 0.480 e. The smallest absolute Gasteiger partial charge is 0.322 e. The summed E-state index contributed by atoms with van der Waals surface area (Å²) in [7, 11) is -1.95. The maximum atomic E-state index is 13.3. The van der Waals surface area contributed by atoms with E-state index in [9.17, 15) is 23.1 Å². The van der Waals surface area contributed by atoms with Crippen LogP contribution in [0.15, 0.2) is 88.6 Å². The number of carboxylic acids is 1. The van der Waals surface area contributed by atoms with Gasteiger partial charge in [0, 0.05) is 30.3 Å². The summed E-state index contributed by atoms with van der Waals surface area (Å²) in [5.74, 6) is -1.41. The van der Waals surface area contributed by atoms with Crippen molar-refractivity contribution in [2.75, 3.05) is 25.5 Å². The van der Waals surface area contributed by atoms with E-state index in [2.05, 4.69) is 28.1 Å². The molecular formula is C30H33N3O6S. The number of nitrogens with one attached hydrogen (secondary N) is 2. The van der Waals surface area contributed by atoms with Gasteiger partial charge in [-0.1, -0.05) is 55.8 Å². The van der Waals surface area contributed by atoms with E-state index in [1.54, 1.807) is 38.1 Å². The molecule has 2 unspecified atom stereocenters. The zero-order valence-corrected chi connectivity index (χ0v) is 23.4. The number of rotatable bonds is 8. The first-order chi connectivity index (χ1) is 19.0. The number of allylic oxidation sites excluding steroid dienone is 2. The lowest BCUT2D eigenvalue weighted by Gasteiger charge is -2.22. The second-order valence-corrected chi connectivity index (χ2v) is 12.5. The average Bonchev–Trinajstić information content (AvgIpc) is 3.20. The topological polar surface area (TPSA) is 125 Å². The third kappa shape index (κ3) is 5.60. The molecule has 40 heavy (non-hydrogen) atoms. The molecule has 1 amide bonds. The van der Waals surface area contributed by atoms with E-state index in [1.165, 1.54) is 17.7 Å². The molecule has 2 heterocycles. The lowest BCUT2D eigenvalue weighted by Crippen LogP contribution is -2.44. The number of amides is 1. The fourth-order valence-electron chi connectivity index (χ4n) is 5.36. The Balaban J connectivity index is 1.29. The summed E-state index contributed by atoms with van der Waals surface area (Å²) in [5, 5.41) is 12.3. The van der Waals surface area contributed by atoms with Crippen molar-refractivity contribution < 1.29 is 27.9 Å². The Hall–Kier alpha value is -3.73. The second-order valence-electron chi connectivity index (χ2n) is 10.8. The summed E-state index contributed by atoms with van der Waals surface area (Å²) >= 11 is 0. The molecule has 0 spiro atoms. The molecule has 0 aromatic heterocycles. The molecule has 1 saturated heterocycles. The first-order valence-electron chi connectivity index (χ1n) is 13.3. The highest BCUT2D eigenvalue weighted by atomic mass is 32.2. The van der Waals surface area contributed by atoms with Gasteiger partial charge in [-0.3, -0.25) is 9.59 Å². The second kappa shape index (κ2) is 11.0. The predicted octanol–water partition coefficient (Wildman–Crippen LogP) is 3.78. The number of aliphatic carboxylic acids is 1. The van der Waals surface area contributed by atoms with Gasteiger partial charge in [-0.15, -0.1) is 0 Å². The normalized spacial score (nSPS) is 21.4. The van der Waals surface area contributed by atoms with Gasteiger partial charge in [-0.25, -0.2) is 8.42 Å². The molecule has 10 heteroatoms. The highest BCUT2D eigenvalue weighted by Gasteiger charge is 2.42. The molecule has 0 saturated carbocycles. The maximum Gasteiger partial charge on any atom is 0.322 e. The molecule has 1 aliphatic carbocycles. The third-order valence-corrected chi connectivity index (χ3v) is 9.00. The van der Waals surface area contributed by atoms with Crippen molar-refractivity contribution in [2.45, 2.75) is 37.3 Å². The van der Waals surface area contributed by atoms with Crippen LogP contribution in [-0.2, 0) is 24.3 Å². The summed E-state index contributed by atoms with van der Waals surface area (Å²) in [4.78, 5) is 26.9. The Morgan fingerprint density at radius 2 is 1.70 bits per heavy atom. The Labute approximate surface area is 234 Å². The number of sulfonamides is 1. The van der Waals surface area contributed by atoms with Gasteiger partial charge in [0.15, 0.2) is 5.76 Å². The van der Waals surface area contributed by atoms with E-state index in [0.29, 0.717) is 18.0 Å². The molecule has 2 aliphatic heterocycles. The molecule has 210 valence electrons. The molecular weight excluding hydrogens is 530 g/mol. The monoisotopic (exact) mass is 563 g/mol. The number of nitrogens with zero attached hydrogens (tertiary/aromatic N) is 1. The minimum atomic E-state index is -4.00. The van der Waals surface area contributed by atoms with Gasteiger partial charge in [0.25, 0.3) is 5.91 Å². The van der Waals surface area contributed by atoms with Crippen LogP contribution in [0.25, 0.3) is 11.1 Å². The summed E-state index contributed by atoms with van der Waals surface area (Å²) in [6.45, 7) is 4.90. The maximum absolute atomic E-state index is 13.3. The molecule has 9 nitrogen and oxygen atoms in total. The number of hydrogen-bond acceptors (Lipinski definition) is 6. The summed E-state index contributed by atoms with van der Waals surface area (Å²) in [5.41, 5.74) is 4.54. The molecule has 3 N–H and O–H groups in total. The zero-order valence-electron chi connectivity index (χ0n) is 22.6. The van der Waals surface area contributed by atoms with E-state index in [0.717, 1.165) is 29.7 Å². The fourth-order valence-corrected chi connectivity index (χ4v) is 6.70. The van der Waals surface area contributed by atoms with Crippen LogP contribution in [0, 0.1) is 11.8 Å². The molecule has 0 bridgehead atoms. The molecule has 2 aromatic rings. The van der Waals surface area contributed by atoms with Gasteiger partial charge in [0.05, 0.1) is 4.90 Å². The highest BCUT2D eigenvalue weighted by molar-refractivity contribution is 7.89. The van der Waals surface area contributed by atoms with Crippen LogP contribution in [0.4, 0.5) is 5.69 Å². The van der Waals surface area contributed by atoms with Crippen molar-refractivity contribution in [1.82, 2.24) is 9.62 Å². The zero-order chi connectivity index (χ0) is 28.6. The van der Waals surface area contributed by atoms with E-state index >= 15 is 0 Å². The minimum Gasteiger partial charge on any atom is -0.480 e. The van der Waals surface area contributed by atoms with Crippen molar-refractivity contribution in [2.24, 2.45) is 11.8 Å². The molecule has 5 rings (SSSR count). The minimum absolute atomic E-state index is 0.0179. The molecule has 0 radical (unpaired) electrons. The first kappa shape index (κ1) is 27.8. The van der Waals surface area contributed by atoms with Crippen molar-refractivity contribution >= 4 is 27.6 Å². The van der Waals surface area contributed by atoms with Crippen LogP contribution in [0.2, 0.25) is 0 Å². The first-order valence-corrected chi connectivity index (χ1v) is 14.7. The van der Waals surface area contributed by atoms with E-state index < -0.39 is 28.0 Å². The van der Waals surface area contributed by atoms with E-state index in [-0.39, 0.29) is 22.8 Å². The SMILES string of the molecule is CC(C)[C@H](NS(=O)(=O)c1ccc(-c2ccc(NC(=O)C3=C4CN(C)CCC5=CC=CC(O3)C54)cc2)cc1)C(=O)O. The number of carbonyl (C=O) groups is 2. The van der Waals surface area contributed by atoms with Crippen molar-refractivity contribution in [3.05, 3.63) is 83.7 Å². The highest BCUT2D eigenvalue weighted by Crippen LogP contribution is 2.42. The molecule has 2 aromatic carbocycles. The van der Waals surface area contributed by atoms with E-state index in [4.69, 9.17) is 4.74 Å². The van der Waals surface area contributed by atoms with Crippen LogP contribution in [0.3, 0.4) is 0 Å². The number of benzene rings is 2. The number of ether oxygens (including phenoxy) is 1. The van der Waals surface area contributed by atoms with Crippen molar-refractivity contribution in [3.8, 4) is 11.1 Å². The third-order valence-electron chi connectivity index (χ3n) is 7.54. The average molecular weight is 564 g/mol. The number of carboxylic acid groups (broad SMARTS) is 1.